The van der Waals surface area contributed by atoms with Crippen molar-refractivity contribution < 1.29 is 17.6 Å². The molecule has 10 heteroatoms. The molecule has 0 radical (unpaired) electrons. The van der Waals surface area contributed by atoms with Gasteiger partial charge in [0.1, 0.15) is 0 Å². The predicted octanol–water partition coefficient (Wildman–Crippen LogP) is 4.27. The van der Waals surface area contributed by atoms with Crippen molar-refractivity contribution in [2.75, 3.05) is 12.4 Å². The number of carbonyl (C=O) groups excluding carboxylic acids is 1. The quantitative estimate of drug-likeness (QED) is 0.488. The highest BCUT2D eigenvalue weighted by molar-refractivity contribution is 7.99. The van der Waals surface area contributed by atoms with E-state index in [9.17, 15) is 13.2 Å². The second-order valence-corrected chi connectivity index (χ2v) is 11.5. The fraction of sp³-hybridized carbons (Fsp3) is 0.318. The Morgan fingerprint density at radius 3 is 2.53 bits per heavy atom. The standard InChI is InChI=1S/C22H24N4O4S2/c1-14(2)31-18-6-4-5-16(13-18)21-24-25-22(30-21)23-20(27)15-7-11-19(12-8-15)32(28,29)26(3)17-9-10-17/h4-8,11-14,17H,9-10H2,1-3H3,(H,23,25,27). The largest absolute Gasteiger partial charge is 0.403 e. The average Bonchev–Trinajstić information content (AvgIpc) is 3.51. The summed E-state index contributed by atoms with van der Waals surface area (Å²) in [5.41, 5.74) is 1.05. The number of thioether (sulfide) groups is 1. The minimum Gasteiger partial charge on any atom is -0.403 e. The molecule has 0 bridgehead atoms. The van der Waals surface area contributed by atoms with Gasteiger partial charge in [-0.25, -0.2) is 8.42 Å². The van der Waals surface area contributed by atoms with E-state index >= 15 is 0 Å². The summed E-state index contributed by atoms with van der Waals surface area (Å²) in [6.07, 6.45) is 1.76. The Kier molecular flexibility index (Phi) is 6.36. The molecule has 3 aromatic rings. The number of anilines is 1. The molecule has 0 spiro atoms. The molecule has 2 aromatic carbocycles. The van der Waals surface area contributed by atoms with Gasteiger partial charge in [-0.05, 0) is 55.3 Å². The lowest BCUT2D eigenvalue weighted by molar-refractivity contribution is 0.102. The molecule has 1 heterocycles. The van der Waals surface area contributed by atoms with E-state index in [-0.39, 0.29) is 22.5 Å². The predicted molar refractivity (Wildman–Crippen MR) is 123 cm³/mol. The van der Waals surface area contributed by atoms with Crippen LogP contribution >= 0.6 is 11.8 Å². The number of aromatic nitrogens is 2. The van der Waals surface area contributed by atoms with Crippen LogP contribution in [0.1, 0.15) is 37.0 Å². The van der Waals surface area contributed by atoms with E-state index in [4.69, 9.17) is 4.42 Å². The first kappa shape index (κ1) is 22.5. The molecule has 8 nitrogen and oxygen atoms in total. The molecule has 168 valence electrons. The van der Waals surface area contributed by atoms with Crippen molar-refractivity contribution in [3.8, 4) is 11.5 Å². The summed E-state index contributed by atoms with van der Waals surface area (Å²) in [5, 5.41) is 10.9. The molecule has 32 heavy (non-hydrogen) atoms. The number of carbonyl (C=O) groups is 1. The molecule has 0 aliphatic heterocycles. The highest BCUT2D eigenvalue weighted by atomic mass is 32.2. The second kappa shape index (κ2) is 9.05. The van der Waals surface area contributed by atoms with Crippen molar-refractivity contribution in [1.82, 2.24) is 14.5 Å². The minimum absolute atomic E-state index is 0.0305. The summed E-state index contributed by atoms with van der Waals surface area (Å²) < 4.78 is 32.2. The van der Waals surface area contributed by atoms with Gasteiger partial charge in [-0.15, -0.1) is 16.9 Å². The van der Waals surface area contributed by atoms with Crippen LogP contribution in [0.5, 0.6) is 0 Å². The van der Waals surface area contributed by atoms with Gasteiger partial charge >= 0.3 is 6.01 Å². The molecule has 1 fully saturated rings. The average molecular weight is 473 g/mol. The number of nitrogens with zero attached hydrogens (tertiary/aromatic N) is 3. The monoisotopic (exact) mass is 472 g/mol. The fourth-order valence-electron chi connectivity index (χ4n) is 3.11. The summed E-state index contributed by atoms with van der Waals surface area (Å²) in [6.45, 7) is 4.23. The van der Waals surface area contributed by atoms with Crippen LogP contribution in [0.3, 0.4) is 0 Å². The van der Waals surface area contributed by atoms with Crippen LogP contribution in [0.25, 0.3) is 11.5 Å². The zero-order valence-corrected chi connectivity index (χ0v) is 19.6. The van der Waals surface area contributed by atoms with Crippen molar-refractivity contribution >= 4 is 33.7 Å². The Bertz CT molecular complexity index is 1220. The highest BCUT2D eigenvalue weighted by Gasteiger charge is 2.35. The van der Waals surface area contributed by atoms with Gasteiger partial charge in [0.25, 0.3) is 5.91 Å². The summed E-state index contributed by atoms with van der Waals surface area (Å²) in [6, 6.07) is 13.6. The topological polar surface area (TPSA) is 105 Å². The molecule has 1 aromatic heterocycles. The van der Waals surface area contributed by atoms with Gasteiger partial charge in [-0.1, -0.05) is 25.0 Å². The number of sulfonamides is 1. The summed E-state index contributed by atoms with van der Waals surface area (Å²) in [5.74, 6) is -0.167. The zero-order valence-electron chi connectivity index (χ0n) is 18.0. The zero-order chi connectivity index (χ0) is 22.9. The lowest BCUT2D eigenvalue weighted by atomic mass is 10.2. The van der Waals surface area contributed by atoms with Crippen molar-refractivity contribution in [2.45, 2.75) is 47.8 Å². The van der Waals surface area contributed by atoms with Crippen LogP contribution in [0.2, 0.25) is 0 Å². The number of hydrogen-bond acceptors (Lipinski definition) is 7. The van der Waals surface area contributed by atoms with Crippen LogP contribution < -0.4 is 5.32 Å². The Morgan fingerprint density at radius 2 is 1.88 bits per heavy atom. The van der Waals surface area contributed by atoms with Gasteiger partial charge in [0.2, 0.25) is 15.9 Å². The smallest absolute Gasteiger partial charge is 0.322 e. The second-order valence-electron chi connectivity index (χ2n) is 7.84. The van der Waals surface area contributed by atoms with E-state index in [0.29, 0.717) is 11.1 Å². The van der Waals surface area contributed by atoms with E-state index in [0.717, 1.165) is 23.3 Å². The van der Waals surface area contributed by atoms with Crippen LogP contribution in [-0.2, 0) is 10.0 Å². The molecule has 1 amide bonds. The van der Waals surface area contributed by atoms with E-state index < -0.39 is 15.9 Å². The first-order chi connectivity index (χ1) is 15.2. The first-order valence-electron chi connectivity index (χ1n) is 10.2. The van der Waals surface area contributed by atoms with Gasteiger partial charge in [0.05, 0.1) is 4.90 Å². The molecule has 0 saturated heterocycles. The minimum atomic E-state index is -3.56. The Morgan fingerprint density at radius 1 is 1.16 bits per heavy atom. The Hall–Kier alpha value is -2.69. The number of rotatable bonds is 8. The van der Waals surface area contributed by atoms with E-state index in [2.05, 4.69) is 29.4 Å². The Labute approximate surface area is 191 Å². The van der Waals surface area contributed by atoms with E-state index in [1.807, 2.05) is 24.3 Å². The molecule has 4 rings (SSSR count). The maximum absolute atomic E-state index is 12.6. The summed E-state index contributed by atoms with van der Waals surface area (Å²) in [7, 11) is -1.98. The van der Waals surface area contributed by atoms with Gasteiger partial charge in [0.15, 0.2) is 0 Å². The lowest BCUT2D eigenvalue weighted by Gasteiger charge is -2.16. The Balaban J connectivity index is 1.44. The summed E-state index contributed by atoms with van der Waals surface area (Å²) >= 11 is 1.73. The fourth-order valence-corrected chi connectivity index (χ4v) is 5.43. The van der Waals surface area contributed by atoms with Gasteiger partial charge in [-0.3, -0.25) is 10.1 Å². The molecular weight excluding hydrogens is 448 g/mol. The lowest BCUT2D eigenvalue weighted by Crippen LogP contribution is -2.29. The van der Waals surface area contributed by atoms with Gasteiger partial charge in [0, 0.05) is 34.4 Å². The molecule has 1 saturated carbocycles. The van der Waals surface area contributed by atoms with Crippen molar-refractivity contribution in [3.63, 3.8) is 0 Å². The van der Waals surface area contributed by atoms with Crippen LogP contribution in [0.4, 0.5) is 6.01 Å². The van der Waals surface area contributed by atoms with Crippen LogP contribution in [0.15, 0.2) is 62.7 Å². The summed E-state index contributed by atoms with van der Waals surface area (Å²) in [4.78, 5) is 13.8. The number of nitrogens with one attached hydrogen (secondary N) is 1. The van der Waals surface area contributed by atoms with Crippen molar-refractivity contribution in [3.05, 3.63) is 54.1 Å². The molecule has 0 atom stereocenters. The number of amides is 1. The van der Waals surface area contributed by atoms with E-state index in [1.165, 1.54) is 28.6 Å². The number of benzene rings is 2. The van der Waals surface area contributed by atoms with Crippen molar-refractivity contribution in [1.29, 1.82) is 0 Å². The number of hydrogen-bond donors (Lipinski definition) is 1. The third-order valence-corrected chi connectivity index (χ3v) is 7.87. The maximum Gasteiger partial charge on any atom is 0.322 e. The normalized spacial score (nSPS) is 14.2. The maximum atomic E-state index is 12.6. The third-order valence-electron chi connectivity index (χ3n) is 4.95. The molecule has 0 unspecified atom stereocenters. The molecule has 1 aliphatic carbocycles. The van der Waals surface area contributed by atoms with Crippen molar-refractivity contribution in [2.24, 2.45) is 0 Å². The molecule has 1 N–H and O–H groups in total. The SMILES string of the molecule is CC(C)Sc1cccc(-c2nnc(NC(=O)c3ccc(S(=O)(=O)N(C)C4CC4)cc3)o2)c1. The molecule has 1 aliphatic rings. The third kappa shape index (κ3) is 5.03. The van der Waals surface area contributed by atoms with E-state index in [1.54, 1.807) is 18.8 Å². The van der Waals surface area contributed by atoms with Crippen LogP contribution in [0, 0.1) is 0 Å². The van der Waals surface area contributed by atoms with Gasteiger partial charge in [-0.2, -0.15) is 4.31 Å². The first-order valence-corrected chi connectivity index (χ1v) is 12.6. The molecular formula is C22H24N4O4S2. The van der Waals surface area contributed by atoms with Crippen LogP contribution in [-0.4, -0.2) is 47.2 Å². The highest BCUT2D eigenvalue weighted by Crippen LogP contribution is 2.31. The van der Waals surface area contributed by atoms with Gasteiger partial charge < -0.3 is 4.42 Å².